The lowest BCUT2D eigenvalue weighted by Crippen LogP contribution is -2.26. The topological polar surface area (TPSA) is 124 Å². The van der Waals surface area contributed by atoms with Crippen molar-refractivity contribution in [3.8, 4) is 0 Å². The second-order valence-corrected chi connectivity index (χ2v) is 3.39. The van der Waals surface area contributed by atoms with Crippen molar-refractivity contribution in [1.29, 1.82) is 0 Å². The molecule has 0 aliphatic carbocycles. The van der Waals surface area contributed by atoms with Gasteiger partial charge in [-0.3, -0.25) is 14.6 Å². The molecule has 1 aromatic heterocycles. The Kier molecular flexibility index (Phi) is 2.39. The highest BCUT2D eigenvalue weighted by Crippen LogP contribution is 2.25. The Morgan fingerprint density at radius 2 is 2.38 bits per heavy atom. The van der Waals surface area contributed by atoms with Crippen LogP contribution in [0.3, 0.4) is 0 Å². The SMILES string of the molecule is Nc1nc2c(c(=O)[nH]1)NCN2CCC(=O)O. The number of nitrogens with two attached hydrogens (primary N) is 1. The summed E-state index contributed by atoms with van der Waals surface area (Å²) in [5.74, 6) is -0.471. The van der Waals surface area contributed by atoms with E-state index in [0.29, 0.717) is 18.2 Å². The lowest BCUT2D eigenvalue weighted by molar-refractivity contribution is -0.136. The highest BCUT2D eigenvalue weighted by molar-refractivity contribution is 5.72. The van der Waals surface area contributed by atoms with Gasteiger partial charge in [0.05, 0.1) is 13.1 Å². The molecule has 5 N–H and O–H groups in total. The third-order valence-electron chi connectivity index (χ3n) is 2.26. The molecule has 0 bridgehead atoms. The molecule has 0 atom stereocenters. The predicted octanol–water partition coefficient (Wildman–Crippen LogP) is -0.984. The van der Waals surface area contributed by atoms with Gasteiger partial charge in [0.2, 0.25) is 5.95 Å². The van der Waals surface area contributed by atoms with Gasteiger partial charge in [0.1, 0.15) is 5.69 Å². The summed E-state index contributed by atoms with van der Waals surface area (Å²) >= 11 is 0. The Balaban J connectivity index is 2.25. The number of rotatable bonds is 3. The molecular formula is C8H11N5O3. The Morgan fingerprint density at radius 3 is 3.06 bits per heavy atom. The standard InChI is InChI=1S/C8H11N5O3/c9-8-11-6-5(7(16)12-8)10-3-13(6)2-1-4(14)15/h10H,1-3H2,(H,14,15)(H3,9,11,12,16). The minimum absolute atomic E-state index is 0.0183. The van der Waals surface area contributed by atoms with Gasteiger partial charge in [-0.15, -0.1) is 0 Å². The van der Waals surface area contributed by atoms with Crippen LogP contribution >= 0.6 is 0 Å². The van der Waals surface area contributed by atoms with Crippen molar-refractivity contribution in [2.24, 2.45) is 0 Å². The summed E-state index contributed by atoms with van der Waals surface area (Å²) in [4.78, 5) is 29.9. The van der Waals surface area contributed by atoms with E-state index in [-0.39, 0.29) is 24.5 Å². The van der Waals surface area contributed by atoms with E-state index in [1.54, 1.807) is 4.90 Å². The average molecular weight is 225 g/mol. The van der Waals surface area contributed by atoms with E-state index < -0.39 is 5.97 Å². The summed E-state index contributed by atoms with van der Waals surface area (Å²) < 4.78 is 0. The number of aliphatic carboxylic acids is 1. The minimum Gasteiger partial charge on any atom is -0.481 e. The molecule has 0 unspecified atom stereocenters. The van der Waals surface area contributed by atoms with E-state index in [2.05, 4.69) is 15.3 Å². The number of aromatic amines is 1. The fraction of sp³-hybridized carbons (Fsp3) is 0.375. The summed E-state index contributed by atoms with van der Waals surface area (Å²) in [6.07, 6.45) is -0.0183. The van der Waals surface area contributed by atoms with Gasteiger partial charge >= 0.3 is 5.97 Å². The monoisotopic (exact) mass is 225 g/mol. The van der Waals surface area contributed by atoms with E-state index >= 15 is 0 Å². The zero-order valence-electron chi connectivity index (χ0n) is 8.36. The van der Waals surface area contributed by atoms with Gasteiger partial charge in [-0.2, -0.15) is 4.98 Å². The molecule has 1 aliphatic rings. The second kappa shape index (κ2) is 3.72. The lowest BCUT2D eigenvalue weighted by Gasteiger charge is -2.14. The van der Waals surface area contributed by atoms with Gasteiger partial charge < -0.3 is 21.1 Å². The first-order valence-electron chi connectivity index (χ1n) is 4.68. The Morgan fingerprint density at radius 1 is 1.62 bits per heavy atom. The largest absolute Gasteiger partial charge is 0.481 e. The number of carbonyl (C=O) groups is 1. The second-order valence-electron chi connectivity index (χ2n) is 3.39. The number of anilines is 3. The lowest BCUT2D eigenvalue weighted by atomic mass is 10.4. The maximum atomic E-state index is 11.4. The molecule has 2 rings (SSSR count). The number of H-pyrrole nitrogens is 1. The Hall–Kier alpha value is -2.25. The summed E-state index contributed by atoms with van der Waals surface area (Å²) in [6, 6.07) is 0. The molecular weight excluding hydrogens is 214 g/mol. The van der Waals surface area contributed by atoms with Gasteiger partial charge in [0.25, 0.3) is 5.56 Å². The maximum Gasteiger partial charge on any atom is 0.305 e. The number of carboxylic acids is 1. The first-order valence-corrected chi connectivity index (χ1v) is 4.68. The van der Waals surface area contributed by atoms with Crippen molar-refractivity contribution in [2.45, 2.75) is 6.42 Å². The smallest absolute Gasteiger partial charge is 0.305 e. The molecule has 0 saturated heterocycles. The van der Waals surface area contributed by atoms with Gasteiger partial charge in [-0.1, -0.05) is 0 Å². The fourth-order valence-electron chi connectivity index (χ4n) is 1.53. The number of hydrogen-bond donors (Lipinski definition) is 4. The van der Waals surface area contributed by atoms with Gasteiger partial charge in [0, 0.05) is 6.54 Å². The normalized spacial score (nSPS) is 13.4. The Bertz CT molecular complexity index is 483. The number of fused-ring (bicyclic) bond motifs is 1. The van der Waals surface area contributed by atoms with Crippen LogP contribution in [0, 0.1) is 0 Å². The third-order valence-corrected chi connectivity index (χ3v) is 2.26. The highest BCUT2D eigenvalue weighted by Gasteiger charge is 2.23. The molecule has 0 saturated carbocycles. The molecule has 0 fully saturated rings. The van der Waals surface area contributed by atoms with Crippen LogP contribution in [-0.2, 0) is 4.79 Å². The summed E-state index contributed by atoms with van der Waals surface area (Å²) in [6.45, 7) is 0.646. The number of aromatic nitrogens is 2. The third kappa shape index (κ3) is 1.76. The maximum absolute atomic E-state index is 11.4. The van der Waals surface area contributed by atoms with Crippen LogP contribution in [0.2, 0.25) is 0 Å². The fourth-order valence-corrected chi connectivity index (χ4v) is 1.53. The average Bonchev–Trinajstić information content (AvgIpc) is 2.58. The molecule has 0 aromatic carbocycles. The molecule has 0 amide bonds. The zero-order valence-corrected chi connectivity index (χ0v) is 8.36. The van der Waals surface area contributed by atoms with E-state index in [4.69, 9.17) is 10.8 Å². The number of carboxylic acid groups (broad SMARTS) is 1. The van der Waals surface area contributed by atoms with Crippen LogP contribution in [0.25, 0.3) is 0 Å². The van der Waals surface area contributed by atoms with Crippen molar-refractivity contribution in [1.82, 2.24) is 9.97 Å². The number of hydrogen-bond acceptors (Lipinski definition) is 6. The first kappa shape index (κ1) is 10.3. The molecule has 1 aromatic rings. The van der Waals surface area contributed by atoms with Gasteiger partial charge in [-0.25, -0.2) is 0 Å². The minimum atomic E-state index is -0.897. The number of nitrogens with one attached hydrogen (secondary N) is 2. The number of nitrogen functional groups attached to an aromatic ring is 1. The van der Waals surface area contributed by atoms with Crippen LogP contribution in [0.15, 0.2) is 4.79 Å². The van der Waals surface area contributed by atoms with Crippen LogP contribution in [0.4, 0.5) is 17.5 Å². The molecule has 0 spiro atoms. The van der Waals surface area contributed by atoms with Gasteiger partial charge in [0.15, 0.2) is 5.82 Å². The van der Waals surface area contributed by atoms with Crippen molar-refractivity contribution in [3.63, 3.8) is 0 Å². The first-order chi connectivity index (χ1) is 7.58. The highest BCUT2D eigenvalue weighted by atomic mass is 16.4. The van der Waals surface area contributed by atoms with Crippen molar-refractivity contribution in [3.05, 3.63) is 10.4 Å². The summed E-state index contributed by atoms with van der Waals surface area (Å²) in [7, 11) is 0. The molecule has 86 valence electrons. The predicted molar refractivity (Wildman–Crippen MR) is 57.4 cm³/mol. The molecule has 1 aliphatic heterocycles. The molecule has 0 radical (unpaired) electrons. The van der Waals surface area contributed by atoms with E-state index in [9.17, 15) is 9.59 Å². The summed E-state index contributed by atoms with van der Waals surface area (Å²) in [5, 5.41) is 11.4. The van der Waals surface area contributed by atoms with Crippen LogP contribution in [0.5, 0.6) is 0 Å². The molecule has 2 heterocycles. The Labute approximate surface area is 90.1 Å². The quantitative estimate of drug-likeness (QED) is 0.520. The van der Waals surface area contributed by atoms with Crippen molar-refractivity contribution >= 4 is 23.4 Å². The summed E-state index contributed by atoms with van der Waals surface area (Å²) in [5.41, 5.74) is 5.40. The zero-order chi connectivity index (χ0) is 11.7. The number of nitrogens with zero attached hydrogens (tertiary/aromatic N) is 2. The van der Waals surface area contributed by atoms with Crippen molar-refractivity contribution < 1.29 is 9.90 Å². The molecule has 8 nitrogen and oxygen atoms in total. The van der Waals surface area contributed by atoms with Gasteiger partial charge in [-0.05, 0) is 0 Å². The van der Waals surface area contributed by atoms with E-state index in [1.165, 1.54) is 0 Å². The van der Waals surface area contributed by atoms with Crippen LogP contribution < -0.4 is 21.5 Å². The van der Waals surface area contributed by atoms with E-state index in [1.807, 2.05) is 0 Å². The molecule has 8 heteroatoms. The van der Waals surface area contributed by atoms with Crippen LogP contribution in [-0.4, -0.2) is 34.3 Å². The van der Waals surface area contributed by atoms with Crippen molar-refractivity contribution in [2.75, 3.05) is 29.2 Å². The molecule has 16 heavy (non-hydrogen) atoms. The van der Waals surface area contributed by atoms with Crippen LogP contribution in [0.1, 0.15) is 6.42 Å². The van der Waals surface area contributed by atoms with E-state index in [0.717, 1.165) is 0 Å².